The summed E-state index contributed by atoms with van der Waals surface area (Å²) >= 11 is 0. The van der Waals surface area contributed by atoms with Crippen LogP contribution < -0.4 is 11.1 Å². The molecule has 1 aromatic rings. The van der Waals surface area contributed by atoms with Crippen molar-refractivity contribution in [2.45, 2.75) is 6.92 Å². The highest BCUT2D eigenvalue weighted by Gasteiger charge is 1.89. The Bertz CT molecular complexity index is 331. The summed E-state index contributed by atoms with van der Waals surface area (Å²) in [6.45, 7) is 2.25. The maximum Gasteiger partial charge on any atom is 0.234 e. The predicted octanol–water partition coefficient (Wildman–Crippen LogP) is 0.395. The highest BCUT2D eigenvalue weighted by atomic mass is 16.3. The monoisotopic (exact) mass is 220 g/mol. The molecule has 1 amide bonds. The Morgan fingerprint density at radius 3 is 2.44 bits per heavy atom. The molecule has 0 saturated carbocycles. The van der Waals surface area contributed by atoms with Crippen molar-refractivity contribution in [2.75, 3.05) is 13.1 Å². The summed E-state index contributed by atoms with van der Waals surface area (Å²) in [5.74, 6) is 2.36. The minimum atomic E-state index is -0.219. The summed E-state index contributed by atoms with van der Waals surface area (Å²) in [6.07, 6.45) is 4.83. The number of hydrogen-bond donors (Lipinski definition) is 3. The van der Waals surface area contributed by atoms with Gasteiger partial charge >= 0.3 is 0 Å². The average Bonchev–Trinajstić information content (AvgIpc) is 2.30. The van der Waals surface area contributed by atoms with E-state index in [1.807, 2.05) is 19.1 Å². The van der Waals surface area contributed by atoms with E-state index in [-0.39, 0.29) is 19.0 Å². The van der Waals surface area contributed by atoms with Crippen molar-refractivity contribution in [3.05, 3.63) is 29.8 Å². The zero-order valence-corrected chi connectivity index (χ0v) is 9.23. The van der Waals surface area contributed by atoms with Crippen molar-refractivity contribution in [3.8, 4) is 18.1 Å². The Labute approximate surface area is 95.5 Å². The number of phenols is 1. The van der Waals surface area contributed by atoms with Gasteiger partial charge in [0.05, 0.1) is 13.1 Å². The summed E-state index contributed by atoms with van der Waals surface area (Å²) < 4.78 is 0. The lowest BCUT2D eigenvalue weighted by Crippen LogP contribution is -2.30. The number of nitrogens with two attached hydrogens (primary N) is 1. The lowest BCUT2D eigenvalue weighted by Gasteiger charge is -1.93. The summed E-state index contributed by atoms with van der Waals surface area (Å²) in [6, 6.07) is 7.09. The molecule has 0 heterocycles. The van der Waals surface area contributed by atoms with Crippen LogP contribution in [0.15, 0.2) is 24.3 Å². The third-order valence-electron chi connectivity index (χ3n) is 1.61. The van der Waals surface area contributed by atoms with Gasteiger partial charge in [0.2, 0.25) is 5.91 Å². The number of phenolic OH excluding ortho intramolecular Hbond substituents is 1. The molecule has 4 N–H and O–H groups in total. The van der Waals surface area contributed by atoms with Gasteiger partial charge in [-0.15, -0.1) is 6.42 Å². The van der Waals surface area contributed by atoms with Gasteiger partial charge in [-0.2, -0.15) is 0 Å². The maximum absolute atomic E-state index is 10.2. The number of nitrogens with one attached hydrogen (secondary N) is 1. The molecule has 0 aliphatic rings. The molecule has 0 spiro atoms. The molecular formula is C12H16N2O2. The van der Waals surface area contributed by atoms with Crippen LogP contribution in [0.1, 0.15) is 5.56 Å². The van der Waals surface area contributed by atoms with E-state index in [0.29, 0.717) is 5.75 Å². The fraction of sp³-hybridized carbons (Fsp3) is 0.250. The fourth-order valence-electron chi connectivity index (χ4n) is 0.767. The van der Waals surface area contributed by atoms with Crippen molar-refractivity contribution < 1.29 is 9.90 Å². The third-order valence-corrected chi connectivity index (χ3v) is 1.61. The highest BCUT2D eigenvalue weighted by Crippen LogP contribution is 2.07. The number of carbonyl (C=O) groups excluding carboxylic acids is 1. The number of benzene rings is 1. The molecule has 0 aliphatic carbocycles. The van der Waals surface area contributed by atoms with Crippen LogP contribution in [0.3, 0.4) is 0 Å². The van der Waals surface area contributed by atoms with Crippen LogP contribution in [0.4, 0.5) is 0 Å². The average molecular weight is 220 g/mol. The first-order chi connectivity index (χ1) is 7.60. The second kappa shape index (κ2) is 8.33. The number of carbonyl (C=O) groups is 1. The van der Waals surface area contributed by atoms with E-state index in [1.54, 1.807) is 12.1 Å². The normalized spacial score (nSPS) is 8.31. The summed E-state index contributed by atoms with van der Waals surface area (Å²) in [7, 11) is 0. The molecule has 0 radical (unpaired) electrons. The summed E-state index contributed by atoms with van der Waals surface area (Å²) in [5, 5.41) is 11.1. The Balaban J connectivity index is 0.000000281. The van der Waals surface area contributed by atoms with Crippen LogP contribution in [0, 0.1) is 19.3 Å². The standard InChI is InChI=1S/C7H8O.C5H8N2O/c1-6-2-4-7(8)5-3-6;1-2-3-7-5(8)4-6/h2-5,8H,1H3;1H,3-4,6H2,(H,7,8). The zero-order chi connectivity index (χ0) is 12.4. The van der Waals surface area contributed by atoms with Gasteiger partial charge in [0.15, 0.2) is 0 Å². The Hall–Kier alpha value is -1.99. The minimum absolute atomic E-state index is 0.00167. The van der Waals surface area contributed by atoms with E-state index < -0.39 is 0 Å². The molecule has 4 nitrogen and oxygen atoms in total. The molecule has 0 aromatic heterocycles. The Morgan fingerprint density at radius 2 is 2.06 bits per heavy atom. The highest BCUT2D eigenvalue weighted by molar-refractivity contribution is 5.77. The van der Waals surface area contributed by atoms with Crippen molar-refractivity contribution in [1.29, 1.82) is 0 Å². The fourth-order valence-corrected chi connectivity index (χ4v) is 0.767. The van der Waals surface area contributed by atoms with Crippen LogP contribution in [-0.2, 0) is 4.79 Å². The van der Waals surface area contributed by atoms with Crippen LogP contribution in [0.25, 0.3) is 0 Å². The van der Waals surface area contributed by atoms with Gasteiger partial charge in [0, 0.05) is 0 Å². The number of amides is 1. The second-order valence-corrected chi connectivity index (χ2v) is 3.02. The number of terminal acetylenes is 1. The molecular weight excluding hydrogens is 204 g/mol. The summed E-state index contributed by atoms with van der Waals surface area (Å²) in [5.41, 5.74) is 6.10. The molecule has 4 heteroatoms. The third kappa shape index (κ3) is 7.42. The van der Waals surface area contributed by atoms with E-state index >= 15 is 0 Å². The first-order valence-corrected chi connectivity index (χ1v) is 4.76. The smallest absolute Gasteiger partial charge is 0.234 e. The topological polar surface area (TPSA) is 75.4 Å². The number of rotatable bonds is 2. The van der Waals surface area contributed by atoms with E-state index in [2.05, 4.69) is 11.2 Å². The Kier molecular flexibility index (Phi) is 7.29. The largest absolute Gasteiger partial charge is 0.508 e. The molecule has 1 aromatic carbocycles. The van der Waals surface area contributed by atoms with Crippen LogP contribution in [0.5, 0.6) is 5.75 Å². The number of aromatic hydroxyl groups is 1. The molecule has 0 unspecified atom stereocenters. The van der Waals surface area contributed by atoms with Gasteiger partial charge in [0.1, 0.15) is 5.75 Å². The molecule has 1 rings (SSSR count). The molecule has 0 fully saturated rings. The second-order valence-electron chi connectivity index (χ2n) is 3.02. The molecule has 86 valence electrons. The maximum atomic E-state index is 10.2. The van der Waals surface area contributed by atoms with Gasteiger partial charge in [0.25, 0.3) is 0 Å². The first-order valence-electron chi connectivity index (χ1n) is 4.76. The van der Waals surface area contributed by atoms with Crippen LogP contribution in [0.2, 0.25) is 0 Å². The minimum Gasteiger partial charge on any atom is -0.508 e. The van der Waals surface area contributed by atoms with Crippen molar-refractivity contribution in [2.24, 2.45) is 5.73 Å². The quantitative estimate of drug-likeness (QED) is 0.631. The van der Waals surface area contributed by atoms with Gasteiger partial charge in [-0.1, -0.05) is 23.6 Å². The molecule has 0 atom stereocenters. The lowest BCUT2D eigenvalue weighted by atomic mass is 10.2. The van der Waals surface area contributed by atoms with Crippen molar-refractivity contribution >= 4 is 5.91 Å². The molecule has 16 heavy (non-hydrogen) atoms. The number of hydrogen-bond acceptors (Lipinski definition) is 3. The van der Waals surface area contributed by atoms with Gasteiger partial charge in [-0.3, -0.25) is 4.79 Å². The zero-order valence-electron chi connectivity index (χ0n) is 9.23. The van der Waals surface area contributed by atoms with E-state index in [1.165, 1.54) is 5.56 Å². The summed E-state index contributed by atoms with van der Waals surface area (Å²) in [4.78, 5) is 10.2. The van der Waals surface area contributed by atoms with Crippen LogP contribution in [-0.4, -0.2) is 24.1 Å². The Morgan fingerprint density at radius 1 is 1.50 bits per heavy atom. The van der Waals surface area contributed by atoms with E-state index in [9.17, 15) is 4.79 Å². The van der Waals surface area contributed by atoms with Gasteiger partial charge < -0.3 is 16.2 Å². The first kappa shape index (κ1) is 14.0. The molecule has 0 saturated heterocycles. The predicted molar refractivity (Wildman–Crippen MR) is 63.7 cm³/mol. The SMILES string of the molecule is C#CCNC(=O)CN.Cc1ccc(O)cc1. The van der Waals surface area contributed by atoms with Crippen molar-refractivity contribution in [3.63, 3.8) is 0 Å². The lowest BCUT2D eigenvalue weighted by molar-refractivity contribution is -0.119. The van der Waals surface area contributed by atoms with Crippen molar-refractivity contribution in [1.82, 2.24) is 5.32 Å². The molecule has 0 aliphatic heterocycles. The number of aryl methyl sites for hydroxylation is 1. The van der Waals surface area contributed by atoms with E-state index in [4.69, 9.17) is 17.3 Å². The molecule has 0 bridgehead atoms. The van der Waals surface area contributed by atoms with Gasteiger partial charge in [-0.05, 0) is 19.1 Å². The van der Waals surface area contributed by atoms with Gasteiger partial charge in [-0.25, -0.2) is 0 Å². The van der Waals surface area contributed by atoms with Crippen LogP contribution >= 0.6 is 0 Å². The van der Waals surface area contributed by atoms with E-state index in [0.717, 1.165) is 0 Å².